The molecule has 0 aliphatic carbocycles. The number of hydrazone groups is 1. The Balaban J connectivity index is 1.60. The number of nitrogens with one attached hydrogen (secondary N) is 1. The van der Waals surface area contributed by atoms with Gasteiger partial charge in [0.2, 0.25) is 0 Å². The van der Waals surface area contributed by atoms with Gasteiger partial charge < -0.3 is 14.9 Å². The Bertz CT molecular complexity index is 961. The van der Waals surface area contributed by atoms with Crippen molar-refractivity contribution in [2.24, 2.45) is 5.10 Å². The van der Waals surface area contributed by atoms with Gasteiger partial charge in [-0.2, -0.15) is 5.10 Å². The molecule has 0 fully saturated rings. The largest absolute Gasteiger partial charge is 0.493 e. The summed E-state index contributed by atoms with van der Waals surface area (Å²) in [5, 5.41) is 5.64. The fraction of sp³-hybridized carbons (Fsp3) is 0.136. The second-order valence-electron chi connectivity index (χ2n) is 6.01. The molecule has 4 nitrogen and oxygen atoms in total. The van der Waals surface area contributed by atoms with E-state index in [-0.39, 0.29) is 0 Å². The summed E-state index contributed by atoms with van der Waals surface area (Å²) in [6.45, 7) is 0.956. The van der Waals surface area contributed by atoms with Crippen molar-refractivity contribution < 1.29 is 9.47 Å². The molecule has 0 bridgehead atoms. The second-order valence-corrected chi connectivity index (χ2v) is 6.86. The first kappa shape index (κ1) is 20.1. The predicted octanol–water partition coefficient (Wildman–Crippen LogP) is 5.70. The van der Waals surface area contributed by atoms with Crippen LogP contribution in [0.4, 0.5) is 0 Å². The molecule has 6 heteroatoms. The SMILES string of the molecule is COc1cc(/C=N\NCc2ccccc2Cl)ccc1OCc1cccc(Cl)c1. The van der Waals surface area contributed by atoms with E-state index in [1.54, 1.807) is 13.3 Å². The van der Waals surface area contributed by atoms with E-state index < -0.39 is 0 Å². The Morgan fingerprint density at radius 2 is 1.82 bits per heavy atom. The maximum atomic E-state index is 6.13. The maximum absolute atomic E-state index is 6.13. The standard InChI is InChI=1S/C22H20Cl2N2O2/c1-27-22-12-16(13-25-26-14-18-6-2-3-8-20(18)24)9-10-21(22)28-15-17-5-4-7-19(23)11-17/h2-13,26H,14-15H2,1H3/b25-13-. The van der Waals surface area contributed by atoms with Gasteiger partial charge >= 0.3 is 0 Å². The zero-order valence-electron chi connectivity index (χ0n) is 15.4. The molecule has 0 saturated carbocycles. The number of ether oxygens (including phenoxy) is 2. The lowest BCUT2D eigenvalue weighted by atomic mass is 10.2. The van der Waals surface area contributed by atoms with Crippen molar-refractivity contribution in [3.63, 3.8) is 0 Å². The summed E-state index contributed by atoms with van der Waals surface area (Å²) in [4.78, 5) is 0. The molecule has 28 heavy (non-hydrogen) atoms. The smallest absolute Gasteiger partial charge is 0.161 e. The molecule has 0 unspecified atom stereocenters. The van der Waals surface area contributed by atoms with Crippen LogP contribution in [0.15, 0.2) is 71.8 Å². The third kappa shape index (κ3) is 5.65. The molecule has 144 valence electrons. The van der Waals surface area contributed by atoms with Crippen molar-refractivity contribution in [1.82, 2.24) is 5.43 Å². The maximum Gasteiger partial charge on any atom is 0.161 e. The van der Waals surface area contributed by atoms with Crippen LogP contribution in [0, 0.1) is 0 Å². The van der Waals surface area contributed by atoms with E-state index in [1.807, 2.05) is 66.7 Å². The van der Waals surface area contributed by atoms with Crippen LogP contribution in [0.25, 0.3) is 0 Å². The van der Waals surface area contributed by atoms with E-state index in [2.05, 4.69) is 10.5 Å². The van der Waals surface area contributed by atoms with E-state index in [0.29, 0.717) is 34.7 Å². The van der Waals surface area contributed by atoms with Gasteiger partial charge in [-0.05, 0) is 53.1 Å². The molecule has 0 radical (unpaired) electrons. The van der Waals surface area contributed by atoms with Crippen molar-refractivity contribution in [2.75, 3.05) is 7.11 Å². The number of nitrogens with zero attached hydrogens (tertiary/aromatic N) is 1. The van der Waals surface area contributed by atoms with Crippen molar-refractivity contribution in [2.45, 2.75) is 13.2 Å². The molecule has 3 aromatic rings. The molecule has 0 aliphatic rings. The average molecular weight is 415 g/mol. The van der Waals surface area contributed by atoms with E-state index in [9.17, 15) is 0 Å². The average Bonchev–Trinajstić information content (AvgIpc) is 2.71. The minimum Gasteiger partial charge on any atom is -0.493 e. The van der Waals surface area contributed by atoms with Crippen LogP contribution in [0.2, 0.25) is 10.0 Å². The van der Waals surface area contributed by atoms with Gasteiger partial charge in [0.15, 0.2) is 11.5 Å². The molecule has 0 aromatic heterocycles. The lowest BCUT2D eigenvalue weighted by Crippen LogP contribution is -2.06. The Kier molecular flexibility index (Phi) is 7.18. The normalized spacial score (nSPS) is 10.8. The van der Waals surface area contributed by atoms with Gasteiger partial charge in [-0.15, -0.1) is 0 Å². The van der Waals surface area contributed by atoms with Crippen LogP contribution in [0.3, 0.4) is 0 Å². The van der Waals surface area contributed by atoms with Crippen LogP contribution in [0.5, 0.6) is 11.5 Å². The van der Waals surface area contributed by atoms with Crippen LogP contribution in [-0.2, 0) is 13.2 Å². The second kappa shape index (κ2) is 10.0. The number of halogens is 2. The van der Waals surface area contributed by atoms with Crippen molar-refractivity contribution >= 4 is 29.4 Å². The van der Waals surface area contributed by atoms with Gasteiger partial charge in [0, 0.05) is 10.0 Å². The highest BCUT2D eigenvalue weighted by molar-refractivity contribution is 6.31. The molecular formula is C22H20Cl2N2O2. The Morgan fingerprint density at radius 3 is 2.61 bits per heavy atom. The summed E-state index contributed by atoms with van der Waals surface area (Å²) < 4.78 is 11.3. The molecule has 0 saturated heterocycles. The van der Waals surface area contributed by atoms with Crippen molar-refractivity contribution in [3.8, 4) is 11.5 Å². The highest BCUT2D eigenvalue weighted by atomic mass is 35.5. The fourth-order valence-electron chi connectivity index (χ4n) is 2.56. The van der Waals surface area contributed by atoms with Gasteiger partial charge in [0.05, 0.1) is 19.9 Å². The van der Waals surface area contributed by atoms with Crippen molar-refractivity contribution in [1.29, 1.82) is 0 Å². The third-order valence-corrected chi connectivity index (χ3v) is 4.61. The van der Waals surface area contributed by atoms with Gasteiger partial charge in [-0.1, -0.05) is 53.5 Å². The van der Waals surface area contributed by atoms with E-state index in [1.165, 1.54) is 0 Å². The van der Waals surface area contributed by atoms with Gasteiger partial charge in [-0.3, -0.25) is 0 Å². The lowest BCUT2D eigenvalue weighted by molar-refractivity contribution is 0.284. The number of benzene rings is 3. The Morgan fingerprint density at radius 1 is 0.964 bits per heavy atom. The zero-order chi connectivity index (χ0) is 19.8. The zero-order valence-corrected chi connectivity index (χ0v) is 16.9. The monoisotopic (exact) mass is 414 g/mol. The minimum atomic E-state index is 0.406. The Hall–Kier alpha value is -2.69. The molecule has 0 aliphatic heterocycles. The van der Waals surface area contributed by atoms with Gasteiger partial charge in [-0.25, -0.2) is 0 Å². The molecule has 0 spiro atoms. The summed E-state index contributed by atoms with van der Waals surface area (Å²) in [5.41, 5.74) is 5.86. The van der Waals surface area contributed by atoms with Crippen LogP contribution in [0.1, 0.15) is 16.7 Å². The topological polar surface area (TPSA) is 42.8 Å². The van der Waals surface area contributed by atoms with Gasteiger partial charge in [0.1, 0.15) is 6.61 Å². The summed E-state index contributed by atoms with van der Waals surface area (Å²) in [6.07, 6.45) is 1.72. The first-order chi connectivity index (χ1) is 13.7. The van der Waals surface area contributed by atoms with E-state index >= 15 is 0 Å². The first-order valence-corrected chi connectivity index (χ1v) is 9.46. The summed E-state index contributed by atoms with van der Waals surface area (Å²) >= 11 is 12.1. The highest BCUT2D eigenvalue weighted by Crippen LogP contribution is 2.28. The van der Waals surface area contributed by atoms with Crippen LogP contribution in [-0.4, -0.2) is 13.3 Å². The molecule has 1 N–H and O–H groups in total. The van der Waals surface area contributed by atoms with E-state index in [4.69, 9.17) is 32.7 Å². The number of hydrogen-bond acceptors (Lipinski definition) is 4. The lowest BCUT2D eigenvalue weighted by Gasteiger charge is -2.11. The van der Waals surface area contributed by atoms with Gasteiger partial charge in [0.25, 0.3) is 0 Å². The molecule has 3 rings (SSSR count). The predicted molar refractivity (Wildman–Crippen MR) is 115 cm³/mol. The summed E-state index contributed by atoms with van der Waals surface area (Å²) in [7, 11) is 1.61. The Labute approximate surface area is 174 Å². The minimum absolute atomic E-state index is 0.406. The number of hydrogen-bond donors (Lipinski definition) is 1. The third-order valence-electron chi connectivity index (χ3n) is 4.00. The number of rotatable bonds is 8. The molecular weight excluding hydrogens is 395 g/mol. The first-order valence-electron chi connectivity index (χ1n) is 8.70. The summed E-state index contributed by atoms with van der Waals surface area (Å²) in [5.74, 6) is 1.29. The number of methoxy groups -OCH3 is 1. The molecule has 0 amide bonds. The van der Waals surface area contributed by atoms with E-state index in [0.717, 1.165) is 16.7 Å². The van der Waals surface area contributed by atoms with Crippen LogP contribution < -0.4 is 14.9 Å². The molecule has 0 heterocycles. The highest BCUT2D eigenvalue weighted by Gasteiger charge is 2.06. The van der Waals surface area contributed by atoms with Crippen LogP contribution >= 0.6 is 23.2 Å². The fourth-order valence-corrected chi connectivity index (χ4v) is 2.98. The quantitative estimate of drug-likeness (QED) is 0.379. The molecule has 0 atom stereocenters. The van der Waals surface area contributed by atoms with Crippen molar-refractivity contribution in [3.05, 3.63) is 93.5 Å². The summed E-state index contributed by atoms with van der Waals surface area (Å²) in [6, 6.07) is 20.9. The molecule has 3 aromatic carbocycles.